The zero-order chi connectivity index (χ0) is 36.8. The zero-order valence-corrected chi connectivity index (χ0v) is 27.3. The molecule has 0 aromatic heterocycles. The Morgan fingerprint density at radius 3 is 1.17 bits per heavy atom. The standard InChI is InChI=1S/C28H40N6O12S2/c1-3-7-17(27(43)44)33-23(37)19(31-21(35)11-5-9-15(29)25(39)40)13-47-48-14-20(24(38)34-18(8-4-2)28(45)46)32-22(36)12-6-10-16(30)26(41)42/h1-2,15-20H,5-14,29-30H2,(H,31,35)(H,32,36)(H,33,37)(H,34,38)(H,39,40)(H,41,42)(H,43,44)(H,45,46)/t15-,16-,17+,18+,19-,20-/m0/s1. The van der Waals surface area contributed by atoms with Crippen molar-refractivity contribution in [3.63, 3.8) is 0 Å². The van der Waals surface area contributed by atoms with Crippen LogP contribution in [-0.2, 0) is 38.4 Å². The first-order valence-corrected chi connectivity index (χ1v) is 16.8. The molecule has 266 valence electrons. The van der Waals surface area contributed by atoms with Crippen LogP contribution in [0.3, 0.4) is 0 Å². The number of nitrogens with one attached hydrogen (secondary N) is 4. The number of carboxylic acid groups (broad SMARTS) is 4. The Hall–Kier alpha value is -4.50. The predicted octanol–water partition coefficient (Wildman–Crippen LogP) is -2.31. The maximum Gasteiger partial charge on any atom is 0.327 e. The third-order valence-electron chi connectivity index (χ3n) is 6.20. The van der Waals surface area contributed by atoms with Crippen LogP contribution in [0.5, 0.6) is 0 Å². The van der Waals surface area contributed by atoms with E-state index >= 15 is 0 Å². The van der Waals surface area contributed by atoms with Gasteiger partial charge in [-0.05, 0) is 25.7 Å². The number of carboxylic acids is 4. The van der Waals surface area contributed by atoms with Gasteiger partial charge in [0.1, 0.15) is 36.3 Å². The number of rotatable bonds is 25. The van der Waals surface area contributed by atoms with Crippen molar-refractivity contribution in [3.05, 3.63) is 0 Å². The van der Waals surface area contributed by atoms with E-state index in [2.05, 4.69) is 33.1 Å². The molecule has 4 amide bonds. The molecule has 0 unspecified atom stereocenters. The Labute approximate surface area is 284 Å². The minimum absolute atomic E-state index is 0.0287. The first-order valence-electron chi connectivity index (χ1n) is 14.3. The van der Waals surface area contributed by atoms with Crippen molar-refractivity contribution in [2.24, 2.45) is 11.5 Å². The van der Waals surface area contributed by atoms with Gasteiger partial charge in [0, 0.05) is 37.2 Å². The molecular formula is C28H40N6O12S2. The Morgan fingerprint density at radius 1 is 0.562 bits per heavy atom. The van der Waals surface area contributed by atoms with Crippen LogP contribution in [0.1, 0.15) is 51.4 Å². The van der Waals surface area contributed by atoms with Gasteiger partial charge in [-0.1, -0.05) is 21.6 Å². The highest BCUT2D eigenvalue weighted by Gasteiger charge is 2.29. The molecule has 0 rings (SSSR count). The van der Waals surface area contributed by atoms with E-state index in [0.29, 0.717) is 0 Å². The molecule has 0 aliphatic heterocycles. The monoisotopic (exact) mass is 716 g/mol. The molecule has 18 nitrogen and oxygen atoms in total. The van der Waals surface area contributed by atoms with Gasteiger partial charge in [-0.3, -0.25) is 28.8 Å². The molecule has 12 N–H and O–H groups in total. The fourth-order valence-corrected chi connectivity index (χ4v) is 5.85. The Morgan fingerprint density at radius 2 is 0.896 bits per heavy atom. The molecule has 0 radical (unpaired) electrons. The van der Waals surface area contributed by atoms with Gasteiger partial charge in [0.25, 0.3) is 0 Å². The first kappa shape index (κ1) is 43.5. The topological polar surface area (TPSA) is 318 Å². The molecule has 0 spiro atoms. The quantitative estimate of drug-likeness (QED) is 0.0269. The highest BCUT2D eigenvalue weighted by Crippen LogP contribution is 2.23. The SMILES string of the molecule is C#CC[C@@H](NC(=O)[C@H](CSSC[C@H](NC(=O)CCC[C@H](N)C(=O)O)C(=O)N[C@H](CC#C)C(=O)O)NC(=O)CCC[C@H](N)C(=O)O)C(=O)O. The van der Waals surface area contributed by atoms with Crippen molar-refractivity contribution in [1.29, 1.82) is 0 Å². The van der Waals surface area contributed by atoms with E-state index in [1.165, 1.54) is 0 Å². The Balaban J connectivity index is 5.65. The summed E-state index contributed by atoms with van der Waals surface area (Å²) in [4.78, 5) is 95.7. The third-order valence-corrected chi connectivity index (χ3v) is 8.62. The lowest BCUT2D eigenvalue weighted by molar-refractivity contribution is -0.142. The lowest BCUT2D eigenvalue weighted by atomic mass is 10.1. The number of hydrogen-bond donors (Lipinski definition) is 10. The molecule has 0 aromatic rings. The van der Waals surface area contributed by atoms with Crippen molar-refractivity contribution in [2.75, 3.05) is 11.5 Å². The van der Waals surface area contributed by atoms with Crippen molar-refractivity contribution in [3.8, 4) is 24.7 Å². The number of hydrogen-bond acceptors (Lipinski definition) is 12. The minimum atomic E-state index is -1.47. The summed E-state index contributed by atoms with van der Waals surface area (Å²) < 4.78 is 0. The molecular weight excluding hydrogens is 676 g/mol. The van der Waals surface area contributed by atoms with Crippen LogP contribution in [-0.4, -0.2) is 116 Å². The van der Waals surface area contributed by atoms with E-state index in [4.69, 9.17) is 34.5 Å². The molecule has 0 aliphatic carbocycles. The molecule has 48 heavy (non-hydrogen) atoms. The molecule has 0 aliphatic rings. The van der Waals surface area contributed by atoms with Gasteiger partial charge in [-0.15, -0.1) is 24.7 Å². The molecule has 6 atom stereocenters. The van der Waals surface area contributed by atoms with Crippen molar-refractivity contribution >= 4 is 69.1 Å². The van der Waals surface area contributed by atoms with Crippen LogP contribution in [0.4, 0.5) is 0 Å². The molecule has 0 heterocycles. The maximum atomic E-state index is 12.9. The van der Waals surface area contributed by atoms with Gasteiger partial charge in [0.05, 0.1) is 0 Å². The molecule has 0 saturated heterocycles. The second-order valence-electron chi connectivity index (χ2n) is 10.1. The maximum absolute atomic E-state index is 12.9. The lowest BCUT2D eigenvalue weighted by Crippen LogP contribution is -2.53. The molecule has 0 saturated carbocycles. The van der Waals surface area contributed by atoms with Gasteiger partial charge in [-0.25, -0.2) is 9.59 Å². The fourth-order valence-electron chi connectivity index (χ4n) is 3.52. The second kappa shape index (κ2) is 23.8. The zero-order valence-electron chi connectivity index (χ0n) is 25.7. The summed E-state index contributed by atoms with van der Waals surface area (Å²) in [5, 5.41) is 45.8. The van der Waals surface area contributed by atoms with Gasteiger partial charge in [0.2, 0.25) is 23.6 Å². The normalized spacial score (nSPS) is 14.2. The van der Waals surface area contributed by atoms with Gasteiger partial charge in [-0.2, -0.15) is 0 Å². The highest BCUT2D eigenvalue weighted by molar-refractivity contribution is 8.76. The van der Waals surface area contributed by atoms with Crippen molar-refractivity contribution in [1.82, 2.24) is 21.3 Å². The summed E-state index contributed by atoms with van der Waals surface area (Å²) in [6.45, 7) is 0. The third kappa shape index (κ3) is 18.6. The van der Waals surface area contributed by atoms with Crippen molar-refractivity contribution < 1.29 is 58.8 Å². The summed E-state index contributed by atoms with van der Waals surface area (Å²) in [7, 11) is 1.88. The first-order chi connectivity index (χ1) is 22.5. The van der Waals surface area contributed by atoms with E-state index in [9.17, 15) is 48.6 Å². The number of carbonyl (C=O) groups is 8. The summed E-state index contributed by atoms with van der Waals surface area (Å²) in [5.41, 5.74) is 10.9. The summed E-state index contributed by atoms with van der Waals surface area (Å²) in [5.74, 6) is -4.63. The van der Waals surface area contributed by atoms with Gasteiger partial charge >= 0.3 is 23.9 Å². The van der Waals surface area contributed by atoms with Crippen molar-refractivity contribution in [2.45, 2.75) is 87.6 Å². The number of terminal acetylenes is 2. The van der Waals surface area contributed by atoms with E-state index in [1.54, 1.807) is 0 Å². The van der Waals surface area contributed by atoms with Crippen LogP contribution < -0.4 is 32.7 Å². The Kier molecular flexibility index (Phi) is 21.5. The molecule has 0 aromatic carbocycles. The number of nitrogens with two attached hydrogens (primary N) is 2. The van der Waals surface area contributed by atoms with E-state index in [0.717, 1.165) is 21.6 Å². The highest BCUT2D eigenvalue weighted by atomic mass is 33.1. The number of carbonyl (C=O) groups excluding carboxylic acids is 4. The second-order valence-corrected chi connectivity index (χ2v) is 12.7. The Bertz CT molecular complexity index is 1160. The van der Waals surface area contributed by atoms with E-state index in [1.807, 2.05) is 0 Å². The largest absolute Gasteiger partial charge is 0.480 e. The molecule has 20 heteroatoms. The predicted molar refractivity (Wildman–Crippen MR) is 174 cm³/mol. The number of aliphatic carboxylic acids is 4. The average molecular weight is 717 g/mol. The average Bonchev–Trinajstić information content (AvgIpc) is 3.00. The van der Waals surface area contributed by atoms with Crippen LogP contribution >= 0.6 is 21.6 Å². The van der Waals surface area contributed by atoms with E-state index in [-0.39, 0.29) is 62.9 Å². The lowest BCUT2D eigenvalue weighted by Gasteiger charge is -2.22. The smallest absolute Gasteiger partial charge is 0.327 e. The van der Waals surface area contributed by atoms with Crippen LogP contribution in [0.25, 0.3) is 0 Å². The van der Waals surface area contributed by atoms with E-state index < -0.39 is 83.8 Å². The van der Waals surface area contributed by atoms with Gasteiger partial charge in [0.15, 0.2) is 0 Å². The summed E-state index contributed by atoms with van der Waals surface area (Å²) in [6, 6.07) is -7.98. The van der Waals surface area contributed by atoms with Crippen LogP contribution in [0, 0.1) is 24.7 Å². The van der Waals surface area contributed by atoms with Crippen LogP contribution in [0.2, 0.25) is 0 Å². The minimum Gasteiger partial charge on any atom is -0.480 e. The fraction of sp³-hybridized carbons (Fsp3) is 0.571. The van der Waals surface area contributed by atoms with Crippen LogP contribution in [0.15, 0.2) is 0 Å². The summed E-state index contributed by atoms with van der Waals surface area (Å²) in [6.07, 6.45) is 9.31. The van der Waals surface area contributed by atoms with Gasteiger partial charge < -0.3 is 53.2 Å². The number of amides is 4. The molecule has 0 fully saturated rings. The summed E-state index contributed by atoms with van der Waals surface area (Å²) >= 11 is 0. The molecule has 0 bridgehead atoms.